The molecule has 2 fully saturated rings. The normalized spacial score (nSPS) is 20.2. The first-order valence-corrected chi connectivity index (χ1v) is 43.1. The van der Waals surface area contributed by atoms with Gasteiger partial charge in [0.2, 0.25) is 29.5 Å². The van der Waals surface area contributed by atoms with E-state index in [4.69, 9.17) is 69.4 Å². The number of nitrogens with zero attached hydrogens (tertiary/aromatic N) is 5. The monoisotopic (exact) mass is 1790 g/mol. The van der Waals surface area contributed by atoms with Gasteiger partial charge in [-0.15, -0.1) is 0 Å². The van der Waals surface area contributed by atoms with Gasteiger partial charge in [-0.2, -0.15) is 0 Å². The summed E-state index contributed by atoms with van der Waals surface area (Å²) in [6, 6.07) is 17.8. The number of aryl methyl sites for hydroxylation is 2. The first kappa shape index (κ1) is 105. The lowest BCUT2D eigenvalue weighted by atomic mass is 9.83. The SMILES string of the molecule is C.CNN(C)Cc1cc2ccccc2n1CCC(=O)NCC(=O)NCCOCCOCCOCCOCCOCCOCCC(=O)C[C@H](C(=O)N[C@@H](CCCNC(N)=O)C(=O)Cc1ccc(COC(=O)N(C)CCCC(=O)N(C)[C@@H](C)C(=O)O[C@H]2CC(=O)N(C)c3cc(cc(C)c3Cl)C/C(C)=C/C=C/[C@@H](OC)[C@]3(O)C[C@H](OC(=O)N3)[C@@H](C)C3O[C@]32C)cc1)C(C)C. The van der Waals surface area contributed by atoms with E-state index in [0.717, 1.165) is 33.3 Å². The highest BCUT2D eigenvalue weighted by atomic mass is 35.5. The smallest absolute Gasteiger partial charge is 0.409 e. The second-order valence-electron chi connectivity index (χ2n) is 32.4. The summed E-state index contributed by atoms with van der Waals surface area (Å²) >= 11 is 6.87. The van der Waals surface area contributed by atoms with Gasteiger partial charge in [0, 0.05) is 123 Å². The number of amides is 9. The van der Waals surface area contributed by atoms with Crippen LogP contribution >= 0.6 is 11.6 Å². The molecule has 0 aliphatic carbocycles. The zero-order valence-electron chi connectivity index (χ0n) is 74.6. The molecular weight excluding hydrogens is 1650 g/mol. The number of Topliss-reactive ketones (excluding diaryl/α,β-unsaturated/α-hetero) is 2. The number of ether oxygens (including phenoxy) is 11. The van der Waals surface area contributed by atoms with Crippen LogP contribution in [0.1, 0.15) is 135 Å². The molecular formula is C90H135ClN12O23. The Balaban J connectivity index is 0.0000245. The molecule has 0 radical (unpaired) electrons. The molecule has 0 spiro atoms. The number of fused-ring (bicyclic) bond motifs is 6. The molecule has 4 aromatic rings. The quantitative estimate of drug-likeness (QED) is 0.00717. The third-order valence-corrected chi connectivity index (χ3v) is 22.9. The number of para-hydroxylation sites is 1. The number of hydrazine groups is 1. The van der Waals surface area contributed by atoms with E-state index in [1.165, 1.54) is 42.8 Å². The number of allylic oxidation sites excluding steroid dienone is 3. The molecule has 4 heterocycles. The number of urea groups is 1. The van der Waals surface area contributed by atoms with Crippen molar-refractivity contribution in [1.82, 2.24) is 51.4 Å². The van der Waals surface area contributed by atoms with E-state index in [9.17, 15) is 57.8 Å². The lowest BCUT2D eigenvalue weighted by molar-refractivity contribution is -0.162. The van der Waals surface area contributed by atoms with Gasteiger partial charge in [-0.3, -0.25) is 44.3 Å². The number of halogens is 1. The van der Waals surface area contributed by atoms with Crippen LogP contribution in [0.2, 0.25) is 5.02 Å². The summed E-state index contributed by atoms with van der Waals surface area (Å²) in [5.74, 6) is -4.87. The number of esters is 1. The Morgan fingerprint density at radius 1 is 0.786 bits per heavy atom. The zero-order chi connectivity index (χ0) is 91.3. The number of alkyl carbamates (subject to hydrolysis) is 1. The third-order valence-electron chi connectivity index (χ3n) is 22.4. The van der Waals surface area contributed by atoms with Gasteiger partial charge >= 0.3 is 24.2 Å². The first-order valence-electron chi connectivity index (χ1n) is 42.7. The van der Waals surface area contributed by atoms with Crippen molar-refractivity contribution >= 4 is 93.5 Å². The number of aromatic nitrogens is 1. The Labute approximate surface area is 745 Å². The maximum absolute atomic E-state index is 14.5. The zero-order valence-corrected chi connectivity index (χ0v) is 75.4. The number of benzene rings is 3. The number of hydrogen-bond acceptors (Lipinski definition) is 25. The Hall–Kier alpha value is -9.50. The molecule has 3 aliphatic heterocycles. The minimum atomic E-state index is -1.89. The van der Waals surface area contributed by atoms with Gasteiger partial charge in [-0.25, -0.2) is 24.2 Å². The summed E-state index contributed by atoms with van der Waals surface area (Å²) in [5.41, 5.74) is 11.5. The van der Waals surface area contributed by atoms with Crippen molar-refractivity contribution in [2.45, 2.75) is 194 Å². The topological polar surface area (TPSA) is 429 Å². The molecule has 7 rings (SSSR count). The molecule has 9 N–H and O–H groups in total. The molecule has 126 heavy (non-hydrogen) atoms. The fraction of sp³-hybridized carbons (Fsp3) is 0.611. The van der Waals surface area contributed by atoms with Gasteiger partial charge in [-0.05, 0) is 112 Å². The van der Waals surface area contributed by atoms with Gasteiger partial charge in [0.05, 0.1) is 122 Å². The van der Waals surface area contributed by atoms with Crippen LogP contribution in [-0.2, 0) is 123 Å². The van der Waals surface area contributed by atoms with Crippen LogP contribution in [0.25, 0.3) is 10.9 Å². The molecule has 1 aromatic heterocycles. The Kier molecular flexibility index (Phi) is 44.6. The van der Waals surface area contributed by atoms with Crippen molar-refractivity contribution in [2.24, 2.45) is 23.5 Å². The largest absolute Gasteiger partial charge is 0.457 e. The standard InChI is InChI=1S/C89H131ClN12O23.CH4/c1-58(2)69(52-68(103)30-35-116-37-39-118-41-43-120-45-46-121-44-42-119-40-38-117-36-32-93-78(106)55-95-77(105)29-34-102-67(56-99(10)92-8)51-66-20-14-15-22-71(66)102)83(109)96-70(21-17-31-94-85(91)111)73(104)50-63-25-27-64(28-26-63)57-122-87(113)98(9)33-18-24-79(107)100(11)62(6)84(110)124-76-53-80(108)101(12)72-49-65(48-60(4)81(72)90)47-59(3)19-16-23-75(115-13)89(114)54-74(123-86(112)97-89)61(5)82-88(76,7)125-82;/h14-16,19-20,22-23,25-28,48-49,51,58,61-62,69-70,74-76,82,92,114H,17-18,21,24,29-47,50,52-57H2,1-13H3,(H,93,106)(H,95,105)(H,96,109)(H,97,112)(H3,91,94,111);1H4/b23-16+,59-19+;/t61-,62+,69+,70+,74+,75-,76+,82?,88+,89-;/m1./s1. The summed E-state index contributed by atoms with van der Waals surface area (Å²) in [5, 5.41) is 28.7. The van der Waals surface area contributed by atoms with E-state index in [2.05, 4.69) is 42.6 Å². The maximum Gasteiger partial charge on any atom is 0.409 e. The summed E-state index contributed by atoms with van der Waals surface area (Å²) in [4.78, 5) is 150. The summed E-state index contributed by atoms with van der Waals surface area (Å²) in [6.07, 6.45) is 0.462. The Bertz CT molecular complexity index is 4280. The highest BCUT2D eigenvalue weighted by molar-refractivity contribution is 6.34. The van der Waals surface area contributed by atoms with Gasteiger partial charge in [-0.1, -0.05) is 112 Å². The molecule has 9 amide bonds. The summed E-state index contributed by atoms with van der Waals surface area (Å²) in [6.45, 7) is 17.4. The number of epoxide rings is 1. The average Bonchev–Trinajstić information content (AvgIpc) is 1.57. The van der Waals surface area contributed by atoms with Crippen LogP contribution in [0.15, 0.2) is 90.5 Å². The van der Waals surface area contributed by atoms with E-state index in [0.29, 0.717) is 101 Å². The van der Waals surface area contributed by atoms with E-state index < -0.39 is 102 Å². The third kappa shape index (κ3) is 33.9. The van der Waals surface area contributed by atoms with Gasteiger partial charge in [0.1, 0.15) is 42.3 Å². The van der Waals surface area contributed by atoms with Crippen LogP contribution in [0, 0.1) is 24.7 Å². The first-order chi connectivity index (χ1) is 59.6. The fourth-order valence-electron chi connectivity index (χ4n) is 14.6. The number of nitrogens with two attached hydrogens (primary N) is 1. The molecule has 36 heteroatoms. The van der Waals surface area contributed by atoms with Crippen molar-refractivity contribution in [1.29, 1.82) is 0 Å². The number of ketones is 2. The highest BCUT2D eigenvalue weighted by Gasteiger charge is 2.64. The van der Waals surface area contributed by atoms with E-state index >= 15 is 0 Å². The number of rotatable bonds is 51. The lowest BCUT2D eigenvalue weighted by Gasteiger charge is -2.42. The number of primary amides is 1. The van der Waals surface area contributed by atoms with Crippen LogP contribution < -0.4 is 42.6 Å². The van der Waals surface area contributed by atoms with Crippen molar-refractivity contribution in [2.75, 3.05) is 153 Å². The van der Waals surface area contributed by atoms with Crippen molar-refractivity contribution in [3.63, 3.8) is 0 Å². The minimum absolute atomic E-state index is 0. The predicted molar refractivity (Wildman–Crippen MR) is 472 cm³/mol. The molecule has 4 bridgehead atoms. The number of hydrogen-bond donors (Lipinski definition) is 8. The maximum atomic E-state index is 14.5. The molecule has 3 aliphatic rings. The second kappa shape index (κ2) is 53.3. The Morgan fingerprint density at radius 3 is 2.06 bits per heavy atom. The molecule has 35 nitrogen and oxygen atoms in total. The molecule has 3 aromatic carbocycles. The van der Waals surface area contributed by atoms with Crippen LogP contribution in [0.3, 0.4) is 0 Å². The van der Waals surface area contributed by atoms with Gasteiger partial charge in [0.25, 0.3) is 0 Å². The summed E-state index contributed by atoms with van der Waals surface area (Å²) < 4.78 is 65.2. The molecule has 2 saturated heterocycles. The molecule has 10 atom stereocenters. The molecule has 1 unspecified atom stereocenters. The van der Waals surface area contributed by atoms with Crippen molar-refractivity contribution in [3.05, 3.63) is 124 Å². The van der Waals surface area contributed by atoms with Crippen molar-refractivity contribution < 1.29 is 110 Å². The van der Waals surface area contributed by atoms with E-state index in [1.807, 2.05) is 89.3 Å². The van der Waals surface area contributed by atoms with Crippen LogP contribution in [0.4, 0.5) is 20.1 Å². The number of nitrogens with one attached hydrogen (secondary N) is 6. The second-order valence-corrected chi connectivity index (χ2v) is 32.8. The fourth-order valence-corrected chi connectivity index (χ4v) is 14.8. The number of methoxy groups -OCH3 is 1. The van der Waals surface area contributed by atoms with E-state index in [-0.39, 0.29) is 154 Å². The lowest BCUT2D eigenvalue weighted by Crippen LogP contribution is -2.63. The Morgan fingerprint density at radius 2 is 1.42 bits per heavy atom. The number of likely N-dealkylation sites (N-methyl/N-ethyl adjacent to an activating group) is 1. The van der Waals surface area contributed by atoms with Crippen molar-refractivity contribution in [3.8, 4) is 0 Å². The predicted octanol–water partition coefficient (Wildman–Crippen LogP) is 7.11. The van der Waals surface area contributed by atoms with Gasteiger partial charge in [0.15, 0.2) is 11.5 Å². The minimum Gasteiger partial charge on any atom is -0.457 e. The molecule has 700 valence electrons. The van der Waals surface area contributed by atoms with Crippen LogP contribution in [0.5, 0.6) is 0 Å². The number of carbonyl (C=O) groups is 11. The highest BCUT2D eigenvalue weighted by Crippen LogP contribution is 2.49. The van der Waals surface area contributed by atoms with Gasteiger partial charge < -0.3 is 103 Å². The molecule has 0 saturated carbocycles. The summed E-state index contributed by atoms with van der Waals surface area (Å²) in [7, 11) is 9.75. The van der Waals surface area contributed by atoms with E-state index in [1.54, 1.807) is 57.3 Å². The average molecular weight is 1790 g/mol. The number of anilines is 1. The number of aliphatic hydroxyl groups is 1. The number of carbonyl (C=O) groups excluding carboxylic acids is 11. The van der Waals surface area contributed by atoms with Crippen LogP contribution in [-0.4, -0.2) is 285 Å².